The first-order valence-corrected chi connectivity index (χ1v) is 6.97. The van der Waals surface area contributed by atoms with Gasteiger partial charge in [-0.2, -0.15) is 0 Å². The lowest BCUT2D eigenvalue weighted by Crippen LogP contribution is -2.16. The van der Waals surface area contributed by atoms with Crippen molar-refractivity contribution in [2.24, 2.45) is 0 Å². The highest BCUT2D eigenvalue weighted by Gasteiger charge is 2.27. The molecule has 2 aromatic rings. The molecule has 0 bridgehead atoms. The molecule has 0 aliphatic heterocycles. The fourth-order valence-corrected chi connectivity index (χ4v) is 2.18. The molecule has 0 spiro atoms. The first-order chi connectivity index (χ1) is 10.2. The van der Waals surface area contributed by atoms with Crippen molar-refractivity contribution in [1.29, 1.82) is 0 Å². The Hall–Kier alpha value is -2.43. The van der Waals surface area contributed by atoms with Crippen molar-refractivity contribution in [3.8, 4) is 5.75 Å². The summed E-state index contributed by atoms with van der Waals surface area (Å²) in [7, 11) is 1.57. The van der Waals surface area contributed by atoms with Crippen molar-refractivity contribution in [1.82, 2.24) is 9.97 Å². The molecule has 1 aliphatic rings. The maximum absolute atomic E-state index is 12.4. The Morgan fingerprint density at radius 2 is 2.10 bits per heavy atom. The van der Waals surface area contributed by atoms with Gasteiger partial charge in [0, 0.05) is 12.1 Å². The Balaban J connectivity index is 1.81. The SMILES string of the molecule is COc1ccccc1NC(=O)c1cnc(C2CC2)nc1C. The minimum absolute atomic E-state index is 0.223. The number of nitrogens with zero attached hydrogens (tertiary/aromatic N) is 2. The second kappa shape index (κ2) is 5.52. The van der Waals surface area contributed by atoms with Crippen molar-refractivity contribution in [3.63, 3.8) is 0 Å². The van der Waals surface area contributed by atoms with E-state index in [0.29, 0.717) is 28.6 Å². The van der Waals surface area contributed by atoms with Crippen LogP contribution in [0.5, 0.6) is 5.75 Å². The smallest absolute Gasteiger partial charge is 0.259 e. The van der Waals surface area contributed by atoms with Crippen molar-refractivity contribution in [3.05, 3.63) is 47.5 Å². The van der Waals surface area contributed by atoms with Crippen molar-refractivity contribution in [2.75, 3.05) is 12.4 Å². The molecule has 5 nitrogen and oxygen atoms in total. The first-order valence-electron chi connectivity index (χ1n) is 6.97. The largest absolute Gasteiger partial charge is 0.495 e. The molecule has 1 heterocycles. The van der Waals surface area contributed by atoms with Crippen LogP contribution in [0.4, 0.5) is 5.69 Å². The number of benzene rings is 1. The Labute approximate surface area is 123 Å². The van der Waals surface area contributed by atoms with E-state index in [2.05, 4.69) is 15.3 Å². The minimum Gasteiger partial charge on any atom is -0.495 e. The third-order valence-electron chi connectivity index (χ3n) is 3.54. The van der Waals surface area contributed by atoms with E-state index < -0.39 is 0 Å². The number of hydrogen-bond acceptors (Lipinski definition) is 4. The summed E-state index contributed by atoms with van der Waals surface area (Å²) >= 11 is 0. The summed E-state index contributed by atoms with van der Waals surface area (Å²) in [4.78, 5) is 21.1. The molecule has 0 radical (unpaired) electrons. The number of carbonyl (C=O) groups is 1. The zero-order valence-electron chi connectivity index (χ0n) is 12.1. The quantitative estimate of drug-likeness (QED) is 0.937. The van der Waals surface area contributed by atoms with Gasteiger partial charge in [0.25, 0.3) is 5.91 Å². The number of rotatable bonds is 4. The lowest BCUT2D eigenvalue weighted by atomic mass is 10.2. The zero-order chi connectivity index (χ0) is 14.8. The normalized spacial score (nSPS) is 13.8. The van der Waals surface area contributed by atoms with Gasteiger partial charge in [-0.1, -0.05) is 12.1 Å². The molecular weight excluding hydrogens is 266 g/mol. The Kier molecular flexibility index (Phi) is 3.56. The van der Waals surface area contributed by atoms with E-state index in [4.69, 9.17) is 4.74 Å². The van der Waals surface area contributed by atoms with E-state index in [1.165, 1.54) is 0 Å². The molecule has 0 saturated heterocycles. The van der Waals surface area contributed by atoms with Gasteiger partial charge in [0.2, 0.25) is 0 Å². The summed E-state index contributed by atoms with van der Waals surface area (Å²) in [5.74, 6) is 1.73. The summed E-state index contributed by atoms with van der Waals surface area (Å²) in [5.41, 5.74) is 1.83. The van der Waals surface area contributed by atoms with E-state index in [9.17, 15) is 4.79 Å². The highest BCUT2D eigenvalue weighted by molar-refractivity contribution is 6.05. The van der Waals surface area contributed by atoms with E-state index in [1.807, 2.05) is 19.1 Å². The standard InChI is InChI=1S/C16H17N3O2/c1-10-12(9-17-15(18-10)11-7-8-11)16(20)19-13-5-3-4-6-14(13)21-2/h3-6,9,11H,7-8H2,1-2H3,(H,19,20). The number of aryl methyl sites for hydroxylation is 1. The molecule has 1 N–H and O–H groups in total. The number of para-hydroxylation sites is 2. The van der Waals surface area contributed by atoms with E-state index in [-0.39, 0.29) is 5.91 Å². The van der Waals surface area contributed by atoms with Crippen LogP contribution in [-0.2, 0) is 0 Å². The molecular formula is C16H17N3O2. The average Bonchev–Trinajstić information content (AvgIpc) is 3.32. The highest BCUT2D eigenvalue weighted by atomic mass is 16.5. The van der Waals surface area contributed by atoms with Crippen LogP contribution in [-0.4, -0.2) is 23.0 Å². The van der Waals surface area contributed by atoms with Crippen LogP contribution in [0.3, 0.4) is 0 Å². The van der Waals surface area contributed by atoms with Crippen LogP contribution < -0.4 is 10.1 Å². The number of hydrogen-bond donors (Lipinski definition) is 1. The predicted molar refractivity (Wildman–Crippen MR) is 79.7 cm³/mol. The number of methoxy groups -OCH3 is 1. The second-order valence-corrected chi connectivity index (χ2v) is 5.16. The molecule has 5 heteroatoms. The van der Waals surface area contributed by atoms with Gasteiger partial charge < -0.3 is 10.1 Å². The highest BCUT2D eigenvalue weighted by Crippen LogP contribution is 2.38. The maximum Gasteiger partial charge on any atom is 0.259 e. The van der Waals surface area contributed by atoms with E-state index in [0.717, 1.165) is 18.7 Å². The first kappa shape index (κ1) is 13.5. The molecule has 1 amide bonds. The Morgan fingerprint density at radius 3 is 2.76 bits per heavy atom. The zero-order valence-corrected chi connectivity index (χ0v) is 12.1. The number of anilines is 1. The fraction of sp³-hybridized carbons (Fsp3) is 0.312. The molecule has 1 aromatic heterocycles. The molecule has 21 heavy (non-hydrogen) atoms. The van der Waals surface area contributed by atoms with Crippen molar-refractivity contribution >= 4 is 11.6 Å². The van der Waals surface area contributed by atoms with Crippen LogP contribution in [0.2, 0.25) is 0 Å². The van der Waals surface area contributed by atoms with Gasteiger partial charge in [-0.05, 0) is 31.9 Å². The maximum atomic E-state index is 12.4. The summed E-state index contributed by atoms with van der Waals surface area (Å²) in [6.07, 6.45) is 3.90. The topological polar surface area (TPSA) is 64.1 Å². The summed E-state index contributed by atoms with van der Waals surface area (Å²) in [6, 6.07) is 7.30. The van der Waals surface area contributed by atoms with E-state index in [1.54, 1.807) is 25.4 Å². The van der Waals surface area contributed by atoms with Crippen molar-refractivity contribution in [2.45, 2.75) is 25.7 Å². The molecule has 0 atom stereocenters. The molecule has 1 saturated carbocycles. The van der Waals surface area contributed by atoms with Crippen LogP contribution >= 0.6 is 0 Å². The monoisotopic (exact) mass is 283 g/mol. The molecule has 1 aliphatic carbocycles. The fourth-order valence-electron chi connectivity index (χ4n) is 2.18. The number of aromatic nitrogens is 2. The molecule has 0 unspecified atom stereocenters. The van der Waals surface area contributed by atoms with Gasteiger partial charge >= 0.3 is 0 Å². The number of nitrogens with one attached hydrogen (secondary N) is 1. The minimum atomic E-state index is -0.223. The van der Waals surface area contributed by atoms with Gasteiger partial charge in [-0.15, -0.1) is 0 Å². The van der Waals surface area contributed by atoms with Gasteiger partial charge in [0.1, 0.15) is 11.6 Å². The lowest BCUT2D eigenvalue weighted by Gasteiger charge is -2.11. The number of amides is 1. The van der Waals surface area contributed by atoms with Gasteiger partial charge in [-0.25, -0.2) is 9.97 Å². The third kappa shape index (κ3) is 2.86. The molecule has 1 fully saturated rings. The van der Waals surface area contributed by atoms with Crippen LogP contribution in [0.25, 0.3) is 0 Å². The molecule has 108 valence electrons. The summed E-state index contributed by atoms with van der Waals surface area (Å²) < 4.78 is 5.23. The Bertz CT molecular complexity index is 681. The predicted octanol–water partition coefficient (Wildman–Crippen LogP) is 2.92. The average molecular weight is 283 g/mol. The second-order valence-electron chi connectivity index (χ2n) is 5.16. The Morgan fingerprint density at radius 1 is 1.33 bits per heavy atom. The van der Waals surface area contributed by atoms with Gasteiger partial charge in [-0.3, -0.25) is 4.79 Å². The number of ether oxygens (including phenoxy) is 1. The van der Waals surface area contributed by atoms with Gasteiger partial charge in [0.05, 0.1) is 24.1 Å². The van der Waals surface area contributed by atoms with Crippen LogP contribution in [0, 0.1) is 6.92 Å². The third-order valence-corrected chi connectivity index (χ3v) is 3.54. The molecule has 3 rings (SSSR count). The molecule has 1 aromatic carbocycles. The van der Waals surface area contributed by atoms with Crippen molar-refractivity contribution < 1.29 is 9.53 Å². The lowest BCUT2D eigenvalue weighted by molar-refractivity contribution is 0.102. The number of carbonyl (C=O) groups excluding carboxylic acids is 1. The van der Waals surface area contributed by atoms with Crippen LogP contribution in [0.1, 0.15) is 40.6 Å². The van der Waals surface area contributed by atoms with Crippen LogP contribution in [0.15, 0.2) is 30.5 Å². The van der Waals surface area contributed by atoms with Gasteiger partial charge in [0.15, 0.2) is 0 Å². The van der Waals surface area contributed by atoms with E-state index >= 15 is 0 Å². The summed E-state index contributed by atoms with van der Waals surface area (Å²) in [5, 5.41) is 2.84. The summed E-state index contributed by atoms with van der Waals surface area (Å²) in [6.45, 7) is 1.84.